The lowest BCUT2D eigenvalue weighted by Gasteiger charge is -1.95. The molecule has 1 heterocycles. The van der Waals surface area contributed by atoms with Crippen molar-refractivity contribution in [3.8, 4) is 0 Å². The van der Waals surface area contributed by atoms with Crippen LogP contribution in [-0.4, -0.2) is 32.0 Å². The molecule has 82 valence electrons. The van der Waals surface area contributed by atoms with Crippen molar-refractivity contribution in [3.63, 3.8) is 0 Å². The Morgan fingerprint density at radius 1 is 1.47 bits per heavy atom. The highest BCUT2D eigenvalue weighted by molar-refractivity contribution is 5.73. The van der Waals surface area contributed by atoms with E-state index in [1.54, 1.807) is 6.20 Å². The SMILES string of the molecule is NC(=O)CCn1cc(CCC(=O)O)nn1. The summed E-state index contributed by atoms with van der Waals surface area (Å²) in [5.74, 6) is -1.28. The third kappa shape index (κ3) is 4.21. The maximum Gasteiger partial charge on any atom is 0.303 e. The van der Waals surface area contributed by atoms with Gasteiger partial charge in [0.05, 0.1) is 18.7 Å². The zero-order chi connectivity index (χ0) is 11.3. The predicted molar refractivity (Wildman–Crippen MR) is 49.8 cm³/mol. The van der Waals surface area contributed by atoms with Gasteiger partial charge in [-0.05, 0) is 0 Å². The molecule has 0 radical (unpaired) electrons. The minimum Gasteiger partial charge on any atom is -0.481 e. The number of nitrogens with two attached hydrogens (primary N) is 1. The Labute approximate surface area is 85.9 Å². The summed E-state index contributed by atoms with van der Waals surface area (Å²) in [7, 11) is 0. The Hall–Kier alpha value is -1.92. The van der Waals surface area contributed by atoms with E-state index in [0.717, 1.165) is 0 Å². The highest BCUT2D eigenvalue weighted by atomic mass is 16.4. The largest absolute Gasteiger partial charge is 0.481 e. The minimum atomic E-state index is -0.873. The topological polar surface area (TPSA) is 111 Å². The van der Waals surface area contributed by atoms with Gasteiger partial charge in [-0.3, -0.25) is 14.3 Å². The Balaban J connectivity index is 2.41. The van der Waals surface area contributed by atoms with E-state index in [4.69, 9.17) is 10.8 Å². The Bertz CT molecular complexity index is 328. The van der Waals surface area contributed by atoms with E-state index in [1.165, 1.54) is 4.68 Å². The van der Waals surface area contributed by atoms with Gasteiger partial charge in [0.25, 0.3) is 0 Å². The molecular weight excluding hydrogens is 200 g/mol. The van der Waals surface area contributed by atoms with Crippen LogP contribution in [0.5, 0.6) is 0 Å². The first-order chi connectivity index (χ1) is 7.08. The second-order valence-electron chi connectivity index (χ2n) is 3.08. The number of hydrogen-bond acceptors (Lipinski definition) is 4. The molecule has 0 unspecified atom stereocenters. The van der Waals surface area contributed by atoms with Gasteiger partial charge in [-0.25, -0.2) is 0 Å². The lowest BCUT2D eigenvalue weighted by molar-refractivity contribution is -0.137. The van der Waals surface area contributed by atoms with Crippen LogP contribution in [0.4, 0.5) is 0 Å². The van der Waals surface area contributed by atoms with E-state index >= 15 is 0 Å². The molecule has 0 aliphatic heterocycles. The minimum absolute atomic E-state index is 0.0223. The number of carbonyl (C=O) groups excluding carboxylic acids is 1. The summed E-state index contributed by atoms with van der Waals surface area (Å²) in [5, 5.41) is 15.9. The van der Waals surface area contributed by atoms with Crippen LogP contribution >= 0.6 is 0 Å². The van der Waals surface area contributed by atoms with E-state index in [2.05, 4.69) is 10.3 Å². The first-order valence-corrected chi connectivity index (χ1v) is 4.47. The fourth-order valence-electron chi connectivity index (χ4n) is 1.02. The summed E-state index contributed by atoms with van der Waals surface area (Å²) < 4.78 is 1.47. The van der Waals surface area contributed by atoms with Crippen molar-refractivity contribution in [1.82, 2.24) is 15.0 Å². The quantitative estimate of drug-likeness (QED) is 0.639. The molecule has 3 N–H and O–H groups in total. The summed E-state index contributed by atoms with van der Waals surface area (Å²) in [6.45, 7) is 0.370. The van der Waals surface area contributed by atoms with Crippen LogP contribution in [0.25, 0.3) is 0 Å². The van der Waals surface area contributed by atoms with Crippen LogP contribution in [0.1, 0.15) is 18.5 Å². The van der Waals surface area contributed by atoms with Gasteiger partial charge < -0.3 is 10.8 Å². The van der Waals surface area contributed by atoms with Crippen molar-refractivity contribution in [1.29, 1.82) is 0 Å². The number of nitrogens with zero attached hydrogens (tertiary/aromatic N) is 3. The fraction of sp³-hybridized carbons (Fsp3) is 0.500. The predicted octanol–water partition coefficient (Wildman–Crippen LogP) is -0.829. The first kappa shape index (κ1) is 11.2. The molecule has 0 fully saturated rings. The molecule has 0 bridgehead atoms. The molecule has 0 spiro atoms. The molecule has 1 aromatic rings. The normalized spacial score (nSPS) is 10.1. The van der Waals surface area contributed by atoms with Crippen molar-refractivity contribution in [3.05, 3.63) is 11.9 Å². The number of hydrogen-bond donors (Lipinski definition) is 2. The molecule has 0 aliphatic rings. The summed E-state index contributed by atoms with van der Waals surface area (Å²) in [6, 6.07) is 0. The zero-order valence-corrected chi connectivity index (χ0v) is 8.09. The maximum absolute atomic E-state index is 10.5. The molecule has 0 aliphatic carbocycles. The van der Waals surface area contributed by atoms with E-state index in [1.807, 2.05) is 0 Å². The smallest absolute Gasteiger partial charge is 0.303 e. The summed E-state index contributed by atoms with van der Waals surface area (Å²) in [6.07, 6.45) is 2.17. The number of carboxylic acids is 1. The highest BCUT2D eigenvalue weighted by Gasteiger charge is 2.04. The molecule has 0 saturated carbocycles. The molecule has 0 atom stereocenters. The van der Waals surface area contributed by atoms with Crippen LogP contribution in [0.2, 0.25) is 0 Å². The van der Waals surface area contributed by atoms with Crippen molar-refractivity contribution >= 4 is 11.9 Å². The molecular formula is C8H12N4O3. The number of carbonyl (C=O) groups is 2. The van der Waals surface area contributed by atoms with Gasteiger partial charge in [-0.15, -0.1) is 5.10 Å². The van der Waals surface area contributed by atoms with Gasteiger partial charge in [0, 0.05) is 19.0 Å². The summed E-state index contributed by atoms with van der Waals surface area (Å²) >= 11 is 0. The van der Waals surface area contributed by atoms with Crippen molar-refractivity contribution in [2.45, 2.75) is 25.8 Å². The van der Waals surface area contributed by atoms with Crippen molar-refractivity contribution in [2.24, 2.45) is 5.73 Å². The van der Waals surface area contributed by atoms with Gasteiger partial charge in [0.2, 0.25) is 5.91 Å². The molecule has 7 nitrogen and oxygen atoms in total. The van der Waals surface area contributed by atoms with Crippen molar-refractivity contribution in [2.75, 3.05) is 0 Å². The summed E-state index contributed by atoms with van der Waals surface area (Å²) in [5.41, 5.74) is 5.57. The van der Waals surface area contributed by atoms with Gasteiger partial charge in [-0.2, -0.15) is 0 Å². The van der Waals surface area contributed by atoms with E-state index in [0.29, 0.717) is 18.7 Å². The summed E-state index contributed by atoms with van der Waals surface area (Å²) in [4.78, 5) is 20.8. The average Bonchev–Trinajstić information content (AvgIpc) is 2.59. The molecule has 7 heteroatoms. The third-order valence-corrected chi connectivity index (χ3v) is 1.77. The number of aromatic nitrogens is 3. The Morgan fingerprint density at radius 3 is 2.80 bits per heavy atom. The molecule has 1 rings (SSSR count). The van der Waals surface area contributed by atoms with Crippen LogP contribution in [0.3, 0.4) is 0 Å². The standard InChI is InChI=1S/C8H12N4O3/c9-7(13)3-4-12-5-6(10-11-12)1-2-8(14)15/h5H,1-4H2,(H2,9,13)(H,14,15). The monoisotopic (exact) mass is 212 g/mol. The molecule has 15 heavy (non-hydrogen) atoms. The van der Waals surface area contributed by atoms with Crippen LogP contribution in [-0.2, 0) is 22.6 Å². The third-order valence-electron chi connectivity index (χ3n) is 1.77. The number of aliphatic carboxylic acids is 1. The lowest BCUT2D eigenvalue weighted by atomic mass is 10.2. The Morgan fingerprint density at radius 2 is 2.20 bits per heavy atom. The first-order valence-electron chi connectivity index (χ1n) is 4.47. The van der Waals surface area contributed by atoms with E-state index < -0.39 is 11.9 Å². The van der Waals surface area contributed by atoms with Gasteiger partial charge in [0.1, 0.15) is 0 Å². The van der Waals surface area contributed by atoms with Gasteiger partial charge >= 0.3 is 5.97 Å². The zero-order valence-electron chi connectivity index (χ0n) is 8.09. The number of primary amides is 1. The second kappa shape index (κ2) is 5.08. The molecule has 0 saturated heterocycles. The van der Waals surface area contributed by atoms with Crippen molar-refractivity contribution < 1.29 is 14.7 Å². The number of rotatable bonds is 6. The van der Waals surface area contributed by atoms with E-state index in [9.17, 15) is 9.59 Å². The number of aryl methyl sites for hydroxylation is 2. The molecule has 1 amide bonds. The molecule has 0 aromatic carbocycles. The van der Waals surface area contributed by atoms with Gasteiger partial charge in [-0.1, -0.05) is 5.21 Å². The van der Waals surface area contributed by atoms with E-state index in [-0.39, 0.29) is 12.8 Å². The Kier molecular flexibility index (Phi) is 3.78. The van der Waals surface area contributed by atoms with Crippen LogP contribution in [0, 0.1) is 0 Å². The molecule has 1 aromatic heterocycles. The number of amides is 1. The van der Waals surface area contributed by atoms with Crippen LogP contribution in [0.15, 0.2) is 6.20 Å². The van der Waals surface area contributed by atoms with Crippen LogP contribution < -0.4 is 5.73 Å². The van der Waals surface area contributed by atoms with Gasteiger partial charge in [0.15, 0.2) is 0 Å². The average molecular weight is 212 g/mol. The number of carboxylic acid groups (broad SMARTS) is 1. The second-order valence-corrected chi connectivity index (χ2v) is 3.08. The highest BCUT2D eigenvalue weighted by Crippen LogP contribution is 1.98. The maximum atomic E-state index is 10.5. The fourth-order valence-corrected chi connectivity index (χ4v) is 1.02. The lowest BCUT2D eigenvalue weighted by Crippen LogP contribution is -2.14.